The van der Waals surface area contributed by atoms with Crippen LogP contribution in [0, 0.1) is 0 Å². The highest BCUT2D eigenvalue weighted by Crippen LogP contribution is 2.12. The number of hydrogen-bond donors (Lipinski definition) is 1. The number of nitrogens with zero attached hydrogens (tertiary/aromatic N) is 2. The summed E-state index contributed by atoms with van der Waals surface area (Å²) >= 11 is 3.39. The largest absolute Gasteiger partial charge is 0.339 e. The number of hydrogen-bond acceptors (Lipinski definition) is 3. The molecule has 1 aromatic rings. The zero-order valence-corrected chi connectivity index (χ0v) is 13.7. The van der Waals surface area contributed by atoms with Crippen molar-refractivity contribution >= 4 is 27.7 Å². The van der Waals surface area contributed by atoms with Gasteiger partial charge in [-0.2, -0.15) is 0 Å². The fourth-order valence-corrected chi connectivity index (χ4v) is 2.71. The van der Waals surface area contributed by atoms with Gasteiger partial charge in [0.1, 0.15) is 0 Å². The highest BCUT2D eigenvalue weighted by molar-refractivity contribution is 9.10. The molecule has 0 saturated carbocycles. The first-order valence-electron chi connectivity index (χ1n) is 7.03. The Hall–Kier alpha value is -1.40. The van der Waals surface area contributed by atoms with Gasteiger partial charge in [0.2, 0.25) is 11.8 Å². The fourth-order valence-electron chi connectivity index (χ4n) is 2.26. The average Bonchev–Trinajstić information content (AvgIpc) is 2.48. The first-order valence-corrected chi connectivity index (χ1v) is 7.82. The van der Waals surface area contributed by atoms with E-state index in [2.05, 4.69) is 21.2 Å². The fraction of sp³-hybridized carbons (Fsp3) is 0.467. The predicted molar refractivity (Wildman–Crippen MR) is 84.9 cm³/mol. The predicted octanol–water partition coefficient (Wildman–Crippen LogP) is 0.882. The number of piperazine rings is 1. The van der Waals surface area contributed by atoms with E-state index >= 15 is 0 Å². The van der Waals surface area contributed by atoms with E-state index in [1.54, 1.807) is 11.9 Å². The van der Waals surface area contributed by atoms with Gasteiger partial charge in [0.15, 0.2) is 0 Å². The third-order valence-corrected chi connectivity index (χ3v) is 4.01. The smallest absolute Gasteiger partial charge is 0.242 e. The van der Waals surface area contributed by atoms with Gasteiger partial charge in [-0.3, -0.25) is 9.59 Å². The average molecular weight is 354 g/mol. The van der Waals surface area contributed by atoms with Crippen molar-refractivity contribution in [3.63, 3.8) is 0 Å². The van der Waals surface area contributed by atoms with Crippen LogP contribution in [0.2, 0.25) is 0 Å². The number of likely N-dealkylation sites (N-methyl/N-ethyl adjacent to an activating group) is 1. The van der Waals surface area contributed by atoms with Gasteiger partial charge in [0, 0.05) is 37.7 Å². The minimum Gasteiger partial charge on any atom is -0.339 e. The summed E-state index contributed by atoms with van der Waals surface area (Å²) < 4.78 is 0.951. The lowest BCUT2D eigenvalue weighted by atomic mass is 10.1. The van der Waals surface area contributed by atoms with Crippen LogP contribution >= 0.6 is 15.9 Å². The van der Waals surface area contributed by atoms with Gasteiger partial charge in [0.25, 0.3) is 0 Å². The molecule has 1 saturated heterocycles. The zero-order chi connectivity index (χ0) is 15.2. The third-order valence-electron chi connectivity index (χ3n) is 3.51. The Labute approximate surface area is 133 Å². The van der Waals surface area contributed by atoms with Crippen molar-refractivity contribution < 1.29 is 9.59 Å². The summed E-state index contributed by atoms with van der Waals surface area (Å²) in [4.78, 5) is 27.6. The summed E-state index contributed by atoms with van der Waals surface area (Å²) in [5.74, 6) is -0.0295. The molecule has 0 radical (unpaired) electrons. The van der Waals surface area contributed by atoms with Crippen LogP contribution in [0.15, 0.2) is 28.7 Å². The van der Waals surface area contributed by atoms with Crippen molar-refractivity contribution in [3.05, 3.63) is 34.3 Å². The van der Waals surface area contributed by atoms with E-state index < -0.39 is 0 Å². The van der Waals surface area contributed by atoms with Gasteiger partial charge in [-0.05, 0) is 17.7 Å². The molecule has 0 atom stereocenters. The quantitative estimate of drug-likeness (QED) is 0.874. The van der Waals surface area contributed by atoms with E-state index in [0.717, 1.165) is 23.1 Å². The van der Waals surface area contributed by atoms with Crippen LogP contribution in [0.25, 0.3) is 0 Å². The molecule has 0 aromatic heterocycles. The second-order valence-corrected chi connectivity index (χ2v) is 6.10. The Morgan fingerprint density at radius 1 is 1.33 bits per heavy atom. The topological polar surface area (TPSA) is 52.7 Å². The molecule has 21 heavy (non-hydrogen) atoms. The molecule has 1 aliphatic rings. The lowest BCUT2D eigenvalue weighted by Crippen LogP contribution is -2.49. The monoisotopic (exact) mass is 353 g/mol. The van der Waals surface area contributed by atoms with Gasteiger partial charge >= 0.3 is 0 Å². The molecular weight excluding hydrogens is 334 g/mol. The van der Waals surface area contributed by atoms with Crippen LogP contribution < -0.4 is 5.32 Å². The standard InChI is InChI=1S/C15H20BrN3O2/c1-18(11-15(21)19-7-5-17-6-8-19)14(20)10-12-3-2-4-13(16)9-12/h2-4,9,17H,5-8,10-11H2,1H3. The van der Waals surface area contributed by atoms with E-state index in [1.807, 2.05) is 24.3 Å². The lowest BCUT2D eigenvalue weighted by Gasteiger charge is -2.29. The highest BCUT2D eigenvalue weighted by Gasteiger charge is 2.20. The van der Waals surface area contributed by atoms with Crippen molar-refractivity contribution in [1.29, 1.82) is 0 Å². The molecule has 2 rings (SSSR count). The summed E-state index contributed by atoms with van der Waals surface area (Å²) in [7, 11) is 1.68. The van der Waals surface area contributed by atoms with Gasteiger partial charge < -0.3 is 15.1 Å². The SMILES string of the molecule is CN(CC(=O)N1CCNCC1)C(=O)Cc1cccc(Br)c1. The highest BCUT2D eigenvalue weighted by atomic mass is 79.9. The van der Waals surface area contributed by atoms with Crippen LogP contribution in [-0.2, 0) is 16.0 Å². The summed E-state index contributed by atoms with van der Waals surface area (Å²) in [5.41, 5.74) is 0.941. The van der Waals surface area contributed by atoms with Crippen LogP contribution in [-0.4, -0.2) is 61.4 Å². The molecular formula is C15H20BrN3O2. The molecule has 5 nitrogen and oxygen atoms in total. The number of carbonyl (C=O) groups is 2. The number of amides is 2. The number of nitrogens with one attached hydrogen (secondary N) is 1. The molecule has 0 spiro atoms. The maximum absolute atomic E-state index is 12.2. The molecule has 114 valence electrons. The Morgan fingerprint density at radius 3 is 2.71 bits per heavy atom. The van der Waals surface area contributed by atoms with Gasteiger partial charge in [-0.1, -0.05) is 28.1 Å². The van der Waals surface area contributed by atoms with Crippen LogP contribution in [0.1, 0.15) is 5.56 Å². The lowest BCUT2D eigenvalue weighted by molar-refractivity contribution is -0.139. The number of benzene rings is 1. The summed E-state index contributed by atoms with van der Waals surface area (Å²) in [6.07, 6.45) is 0.310. The Kier molecular flexibility index (Phi) is 5.76. The van der Waals surface area contributed by atoms with Gasteiger partial charge in [-0.25, -0.2) is 0 Å². The Bertz CT molecular complexity index is 515. The first-order chi connectivity index (χ1) is 10.1. The minimum atomic E-state index is -0.0448. The van der Waals surface area contributed by atoms with E-state index in [0.29, 0.717) is 19.5 Å². The molecule has 1 aliphatic heterocycles. The van der Waals surface area contributed by atoms with E-state index in [-0.39, 0.29) is 18.4 Å². The van der Waals surface area contributed by atoms with Crippen molar-refractivity contribution in [1.82, 2.24) is 15.1 Å². The molecule has 6 heteroatoms. The normalized spacial score (nSPS) is 14.9. The molecule has 0 unspecified atom stereocenters. The minimum absolute atomic E-state index is 0.0154. The van der Waals surface area contributed by atoms with Crippen molar-refractivity contribution in [2.75, 3.05) is 39.8 Å². The van der Waals surface area contributed by atoms with Gasteiger partial charge in [0.05, 0.1) is 13.0 Å². The second-order valence-electron chi connectivity index (χ2n) is 5.19. The maximum Gasteiger partial charge on any atom is 0.242 e. The van der Waals surface area contributed by atoms with Crippen molar-refractivity contribution in [3.8, 4) is 0 Å². The second kappa shape index (κ2) is 7.56. The van der Waals surface area contributed by atoms with Crippen molar-refractivity contribution in [2.24, 2.45) is 0 Å². The summed E-state index contributed by atoms with van der Waals surface area (Å²) in [6.45, 7) is 3.22. The van der Waals surface area contributed by atoms with E-state index in [4.69, 9.17) is 0 Å². The van der Waals surface area contributed by atoms with Gasteiger partial charge in [-0.15, -0.1) is 0 Å². The summed E-state index contributed by atoms with van der Waals surface area (Å²) in [5, 5.41) is 3.20. The molecule has 0 bridgehead atoms. The number of rotatable bonds is 4. The molecule has 1 fully saturated rings. The molecule has 0 aliphatic carbocycles. The summed E-state index contributed by atoms with van der Waals surface area (Å²) in [6, 6.07) is 7.66. The maximum atomic E-state index is 12.2. The van der Waals surface area contributed by atoms with Crippen molar-refractivity contribution in [2.45, 2.75) is 6.42 Å². The zero-order valence-electron chi connectivity index (χ0n) is 12.1. The molecule has 1 N–H and O–H groups in total. The number of halogens is 1. The number of carbonyl (C=O) groups excluding carboxylic acids is 2. The Morgan fingerprint density at radius 2 is 2.05 bits per heavy atom. The van der Waals surface area contributed by atoms with E-state index in [1.165, 1.54) is 4.90 Å². The third kappa shape index (κ3) is 4.82. The molecule has 1 heterocycles. The molecule has 1 aromatic carbocycles. The van der Waals surface area contributed by atoms with Crippen LogP contribution in [0.3, 0.4) is 0 Å². The Balaban J connectivity index is 1.85. The van der Waals surface area contributed by atoms with Crippen LogP contribution in [0.5, 0.6) is 0 Å². The van der Waals surface area contributed by atoms with Crippen LogP contribution in [0.4, 0.5) is 0 Å². The van der Waals surface area contributed by atoms with E-state index in [9.17, 15) is 9.59 Å². The first kappa shape index (κ1) is 16.0. The molecule has 2 amide bonds.